The van der Waals surface area contributed by atoms with Gasteiger partial charge >= 0.3 is 0 Å². The van der Waals surface area contributed by atoms with E-state index in [1.54, 1.807) is 14.2 Å². The minimum Gasteiger partial charge on any atom is -0.496 e. The number of aryl methyl sites for hydroxylation is 1. The van der Waals surface area contributed by atoms with Gasteiger partial charge in [0, 0.05) is 38.8 Å². The van der Waals surface area contributed by atoms with Crippen molar-refractivity contribution in [1.82, 2.24) is 10.2 Å². The number of aliphatic hydroxyl groups excluding tert-OH is 1. The molecule has 1 aromatic carbocycles. The van der Waals surface area contributed by atoms with Crippen molar-refractivity contribution >= 4 is 0 Å². The standard InChI is InChI=1S/C16H26N2O3/c1-12-10-14(20-2)16(15(11-12)21-3)13(4-9-19)18-7-5-17-6-8-18/h10-11,13,17,19H,4-9H2,1-3H3/t13-/m1/s1. The summed E-state index contributed by atoms with van der Waals surface area (Å²) in [7, 11) is 3.37. The van der Waals surface area contributed by atoms with Crippen LogP contribution in [0, 0.1) is 6.92 Å². The number of hydrogen-bond acceptors (Lipinski definition) is 5. The summed E-state index contributed by atoms with van der Waals surface area (Å²) in [6.07, 6.45) is 0.676. The monoisotopic (exact) mass is 294 g/mol. The average molecular weight is 294 g/mol. The van der Waals surface area contributed by atoms with Crippen molar-refractivity contribution in [2.75, 3.05) is 47.0 Å². The fourth-order valence-corrected chi connectivity index (χ4v) is 3.02. The molecule has 2 N–H and O–H groups in total. The number of ether oxygens (including phenoxy) is 2. The molecule has 5 nitrogen and oxygen atoms in total. The molecule has 0 bridgehead atoms. The number of rotatable bonds is 6. The zero-order valence-electron chi connectivity index (χ0n) is 13.2. The summed E-state index contributed by atoms with van der Waals surface area (Å²) in [5.74, 6) is 1.67. The molecule has 1 saturated heterocycles. The van der Waals surface area contributed by atoms with Gasteiger partial charge in [-0.1, -0.05) is 0 Å². The van der Waals surface area contributed by atoms with E-state index in [4.69, 9.17) is 9.47 Å². The first-order chi connectivity index (χ1) is 10.2. The highest BCUT2D eigenvalue weighted by Gasteiger charge is 2.27. The number of aliphatic hydroxyl groups is 1. The molecule has 21 heavy (non-hydrogen) atoms. The van der Waals surface area contributed by atoms with Crippen LogP contribution in [0.2, 0.25) is 0 Å². The number of methoxy groups -OCH3 is 2. The Kier molecular flexibility index (Phi) is 5.85. The molecule has 1 aromatic rings. The molecular weight excluding hydrogens is 268 g/mol. The maximum Gasteiger partial charge on any atom is 0.127 e. The number of hydrogen-bond donors (Lipinski definition) is 2. The first-order valence-electron chi connectivity index (χ1n) is 7.49. The average Bonchev–Trinajstić information content (AvgIpc) is 2.53. The molecule has 1 atom stereocenters. The van der Waals surface area contributed by atoms with Gasteiger partial charge in [-0.15, -0.1) is 0 Å². The van der Waals surface area contributed by atoms with Crippen molar-refractivity contribution in [3.8, 4) is 11.5 Å². The van der Waals surface area contributed by atoms with Gasteiger partial charge in [-0.05, 0) is 31.0 Å². The third kappa shape index (κ3) is 3.67. The summed E-state index contributed by atoms with van der Waals surface area (Å²) >= 11 is 0. The SMILES string of the molecule is COc1cc(C)cc(OC)c1[C@@H](CCO)N1CCNCC1. The largest absolute Gasteiger partial charge is 0.496 e. The molecule has 0 spiro atoms. The van der Waals surface area contributed by atoms with E-state index in [9.17, 15) is 5.11 Å². The topological polar surface area (TPSA) is 54.0 Å². The van der Waals surface area contributed by atoms with Crippen LogP contribution in [0.25, 0.3) is 0 Å². The zero-order valence-corrected chi connectivity index (χ0v) is 13.2. The Bertz CT molecular complexity index is 434. The summed E-state index contributed by atoms with van der Waals surface area (Å²) in [6, 6.07) is 4.18. The molecular formula is C16H26N2O3. The fraction of sp³-hybridized carbons (Fsp3) is 0.625. The van der Waals surface area contributed by atoms with Crippen LogP contribution >= 0.6 is 0 Å². The predicted molar refractivity (Wildman–Crippen MR) is 83.2 cm³/mol. The molecule has 1 heterocycles. The van der Waals surface area contributed by atoms with E-state index in [1.165, 1.54) is 0 Å². The molecule has 1 fully saturated rings. The third-order valence-electron chi connectivity index (χ3n) is 4.02. The van der Waals surface area contributed by atoms with Crippen LogP contribution in [0.3, 0.4) is 0 Å². The lowest BCUT2D eigenvalue weighted by molar-refractivity contribution is 0.136. The summed E-state index contributed by atoms with van der Waals surface area (Å²) in [4.78, 5) is 2.39. The van der Waals surface area contributed by atoms with Gasteiger partial charge in [0.1, 0.15) is 11.5 Å². The van der Waals surface area contributed by atoms with Crippen LogP contribution in [0.1, 0.15) is 23.6 Å². The second kappa shape index (κ2) is 7.64. The Hall–Kier alpha value is -1.30. The van der Waals surface area contributed by atoms with Crippen LogP contribution in [0.4, 0.5) is 0 Å². The highest BCUT2D eigenvalue weighted by atomic mass is 16.5. The van der Waals surface area contributed by atoms with Gasteiger partial charge in [-0.2, -0.15) is 0 Å². The Balaban J connectivity index is 2.42. The van der Waals surface area contributed by atoms with Crippen molar-refractivity contribution in [3.05, 3.63) is 23.3 Å². The maximum atomic E-state index is 9.49. The Morgan fingerprint density at radius 1 is 1.19 bits per heavy atom. The Morgan fingerprint density at radius 2 is 1.76 bits per heavy atom. The second-order valence-electron chi connectivity index (χ2n) is 5.40. The first kappa shape index (κ1) is 16.1. The maximum absolute atomic E-state index is 9.49. The summed E-state index contributed by atoms with van der Waals surface area (Å²) in [6.45, 7) is 6.04. The zero-order chi connectivity index (χ0) is 15.2. The van der Waals surface area contributed by atoms with Gasteiger partial charge in [0.2, 0.25) is 0 Å². The van der Waals surface area contributed by atoms with E-state index < -0.39 is 0 Å². The minimum absolute atomic E-state index is 0.114. The number of nitrogens with zero attached hydrogens (tertiary/aromatic N) is 1. The van der Waals surface area contributed by atoms with E-state index in [-0.39, 0.29) is 12.6 Å². The van der Waals surface area contributed by atoms with Crippen LogP contribution < -0.4 is 14.8 Å². The molecule has 2 rings (SSSR count). The van der Waals surface area contributed by atoms with E-state index in [2.05, 4.69) is 10.2 Å². The van der Waals surface area contributed by atoms with Crippen molar-refractivity contribution in [2.24, 2.45) is 0 Å². The molecule has 1 aliphatic heterocycles. The molecule has 0 amide bonds. The van der Waals surface area contributed by atoms with E-state index in [0.29, 0.717) is 6.42 Å². The highest BCUT2D eigenvalue weighted by molar-refractivity contribution is 5.50. The molecule has 118 valence electrons. The van der Waals surface area contributed by atoms with Crippen molar-refractivity contribution in [3.63, 3.8) is 0 Å². The first-order valence-corrected chi connectivity index (χ1v) is 7.49. The number of benzene rings is 1. The smallest absolute Gasteiger partial charge is 0.127 e. The van der Waals surface area contributed by atoms with Gasteiger partial charge < -0.3 is 19.9 Å². The quantitative estimate of drug-likeness (QED) is 0.829. The van der Waals surface area contributed by atoms with Crippen molar-refractivity contribution in [1.29, 1.82) is 0 Å². The molecule has 1 aliphatic rings. The van der Waals surface area contributed by atoms with E-state index in [0.717, 1.165) is 48.8 Å². The second-order valence-corrected chi connectivity index (χ2v) is 5.40. The van der Waals surface area contributed by atoms with Crippen LogP contribution in [-0.4, -0.2) is 57.0 Å². The van der Waals surface area contributed by atoms with Crippen LogP contribution in [0.15, 0.2) is 12.1 Å². The molecule has 0 radical (unpaired) electrons. The van der Waals surface area contributed by atoms with Gasteiger partial charge in [0.15, 0.2) is 0 Å². The summed E-state index contributed by atoms with van der Waals surface area (Å²) in [5.41, 5.74) is 2.15. The summed E-state index contributed by atoms with van der Waals surface area (Å²) in [5, 5.41) is 12.8. The minimum atomic E-state index is 0.114. The van der Waals surface area contributed by atoms with Gasteiger partial charge in [0.25, 0.3) is 0 Å². The predicted octanol–water partition coefficient (Wildman–Crippen LogP) is 1.34. The molecule has 0 aromatic heterocycles. The van der Waals surface area contributed by atoms with Crippen molar-refractivity contribution in [2.45, 2.75) is 19.4 Å². The van der Waals surface area contributed by atoms with Crippen LogP contribution in [-0.2, 0) is 0 Å². The highest BCUT2D eigenvalue weighted by Crippen LogP contribution is 2.39. The Morgan fingerprint density at radius 3 is 2.24 bits per heavy atom. The molecule has 0 unspecified atom stereocenters. The molecule has 0 aliphatic carbocycles. The third-order valence-corrected chi connectivity index (χ3v) is 4.02. The lowest BCUT2D eigenvalue weighted by atomic mass is 9.97. The van der Waals surface area contributed by atoms with Gasteiger partial charge in [-0.3, -0.25) is 4.90 Å². The lowest BCUT2D eigenvalue weighted by Gasteiger charge is -2.36. The lowest BCUT2D eigenvalue weighted by Crippen LogP contribution is -2.45. The summed E-state index contributed by atoms with van der Waals surface area (Å²) < 4.78 is 11.2. The number of nitrogens with one attached hydrogen (secondary N) is 1. The van der Waals surface area contributed by atoms with E-state index >= 15 is 0 Å². The normalized spacial score (nSPS) is 17.5. The van der Waals surface area contributed by atoms with Gasteiger partial charge in [-0.25, -0.2) is 0 Å². The fourth-order valence-electron chi connectivity index (χ4n) is 3.02. The van der Waals surface area contributed by atoms with Crippen molar-refractivity contribution < 1.29 is 14.6 Å². The Labute approximate surface area is 126 Å². The number of piperazine rings is 1. The molecule has 5 heteroatoms. The van der Waals surface area contributed by atoms with E-state index in [1.807, 2.05) is 19.1 Å². The van der Waals surface area contributed by atoms with Gasteiger partial charge in [0.05, 0.1) is 19.8 Å². The molecule has 0 saturated carbocycles. The van der Waals surface area contributed by atoms with Crippen LogP contribution in [0.5, 0.6) is 11.5 Å².